The Balaban J connectivity index is -0.0000000267. The Labute approximate surface area is 79.4 Å². The molecule has 1 N–H and O–H groups in total. The molecule has 0 spiro atoms. The fourth-order valence-corrected chi connectivity index (χ4v) is 0. The van der Waals surface area contributed by atoms with Gasteiger partial charge in [0.05, 0.1) is 0 Å². The molecule has 0 heterocycles. The molecule has 0 rings (SSSR count). The van der Waals surface area contributed by atoms with E-state index in [0.717, 1.165) is 0 Å². The van der Waals surface area contributed by atoms with Gasteiger partial charge in [-0.25, -0.2) is 0 Å². The maximum Gasteiger partial charge on any atom is 4.00 e. The van der Waals surface area contributed by atoms with E-state index >= 15 is 0 Å². The van der Waals surface area contributed by atoms with Gasteiger partial charge in [-0.3, -0.25) is 0 Å². The van der Waals surface area contributed by atoms with Crippen molar-refractivity contribution in [3.8, 4) is 0 Å². The van der Waals surface area contributed by atoms with Crippen LogP contribution in [0.3, 0.4) is 0 Å². The van der Waals surface area contributed by atoms with Crippen molar-refractivity contribution < 1.29 is 72.0 Å². The molecule has 8 heavy (non-hydrogen) atoms. The molecule has 5 nitrogen and oxygen atoms in total. The summed E-state index contributed by atoms with van der Waals surface area (Å²) in [5.74, 6) is 0. The molecular weight excluding hydrogens is 386 g/mol. The van der Waals surface area contributed by atoms with Crippen LogP contribution in [0.2, 0.25) is 0 Å². The number of hydrogen-bond acceptors (Lipinski definition) is 5. The monoisotopic (exact) mass is 386 g/mol. The Hall–Kier alpha value is 1.64. The van der Waals surface area contributed by atoms with Crippen molar-refractivity contribution in [2.45, 2.75) is 0 Å². The second-order valence-electron chi connectivity index (χ2n) is 0.447. The number of hydrogen-bond donors (Lipinski definition) is 0. The molecule has 8 heteroatoms. The van der Waals surface area contributed by atoms with Crippen LogP contribution in [0.4, 0.5) is 0 Å². The van der Waals surface area contributed by atoms with Gasteiger partial charge in [0.15, 0.2) is 0 Å². The molecule has 0 atom stereocenters. The molecule has 0 saturated heterocycles. The molecule has 0 aromatic rings. The van der Waals surface area contributed by atoms with Crippen LogP contribution in [0, 0.1) is 0 Å². The first-order chi connectivity index (χ1) is 2.00. The summed E-state index contributed by atoms with van der Waals surface area (Å²) in [5, 5.41) is 0. The van der Waals surface area contributed by atoms with Gasteiger partial charge in [-0.1, -0.05) is 0 Å². The molecule has 0 fully saturated rings. The Kier molecular flexibility index (Phi) is 24.4. The zero-order chi connectivity index (χ0) is 4.50. The summed E-state index contributed by atoms with van der Waals surface area (Å²) in [5.41, 5.74) is 0. The van der Waals surface area contributed by atoms with Gasteiger partial charge < -0.3 is 24.7 Å². The quantitative estimate of drug-likeness (QED) is 0.411. The first-order valence-corrected chi connectivity index (χ1v) is 2.19. The third kappa shape index (κ3) is 125. The van der Waals surface area contributed by atoms with Gasteiger partial charge in [0, 0.05) is 21.1 Å². The molecule has 0 aromatic carbocycles. The predicted octanol–water partition coefficient (Wildman–Crippen LogP) is -3.01. The zero-order valence-corrected chi connectivity index (χ0v) is 9.72. The van der Waals surface area contributed by atoms with E-state index in [2.05, 4.69) is 0 Å². The Morgan fingerprint density at radius 1 is 1.12 bits per heavy atom. The maximum absolute atomic E-state index is 8.55. The fraction of sp³-hybridized carbons (Fsp3) is 0. The summed E-state index contributed by atoms with van der Waals surface area (Å²) >= 11 is 0. The van der Waals surface area contributed by atoms with Crippen molar-refractivity contribution in [2.24, 2.45) is 0 Å². The van der Waals surface area contributed by atoms with E-state index in [1.165, 1.54) is 0 Å². The van der Waals surface area contributed by atoms with Crippen LogP contribution in [0.5, 0.6) is 0 Å². The molecule has 0 unspecified atom stereocenters. The number of rotatable bonds is 0. The Morgan fingerprint density at radius 2 is 1.12 bits per heavy atom. The Morgan fingerprint density at radius 3 is 1.12 bits per heavy atom. The molecule has 0 saturated carbocycles. The van der Waals surface area contributed by atoms with Crippen LogP contribution >= 0.6 is 7.82 Å². The van der Waals surface area contributed by atoms with Gasteiger partial charge in [-0.05, 0) is 0 Å². The predicted molar refractivity (Wildman–Crippen MR) is 9.54 cm³/mol. The van der Waals surface area contributed by atoms with Crippen LogP contribution in [0.25, 0.3) is 0 Å². The van der Waals surface area contributed by atoms with Crippen LogP contribution in [-0.4, -0.2) is 5.48 Å². The topological polar surface area (TPSA) is 116 Å². The largest absolute Gasteiger partial charge is 4.00 e. The first kappa shape index (κ1) is 22.6. The summed E-state index contributed by atoms with van der Waals surface area (Å²) in [6.45, 7) is 0. The molecule has 0 radical (unpaired) electrons. The van der Waals surface area contributed by atoms with E-state index < -0.39 is 7.82 Å². The molecule has 0 aliphatic heterocycles. The smallest absolute Gasteiger partial charge is 0.870 e. The van der Waals surface area contributed by atoms with Gasteiger partial charge in [-0.2, -0.15) is 7.82 Å². The molecule has 0 bridgehead atoms. The minimum Gasteiger partial charge on any atom is -0.870 e. The third-order valence-corrected chi connectivity index (χ3v) is 0. The normalized spacial score (nSPS) is 7.38. The molecule has 0 amide bonds. The van der Waals surface area contributed by atoms with E-state index in [-0.39, 0.29) is 52.7 Å². The van der Waals surface area contributed by atoms with Gasteiger partial charge in [0.25, 0.3) is 0 Å². The van der Waals surface area contributed by atoms with E-state index in [9.17, 15) is 0 Å². The van der Waals surface area contributed by atoms with E-state index in [1.54, 1.807) is 0 Å². The first-order valence-electron chi connectivity index (χ1n) is 0.730. The van der Waals surface area contributed by atoms with Crippen molar-refractivity contribution in [2.75, 3.05) is 0 Å². The van der Waals surface area contributed by atoms with Crippen molar-refractivity contribution in [1.82, 2.24) is 0 Å². The summed E-state index contributed by atoms with van der Waals surface area (Å²) in [6.07, 6.45) is 0. The molecule has 46 valence electrons. The standard InChI is InChI=1S/H3O4P.H2O.W.Zr/c1-5(2,3)4;;;/h(H3,1,2,3,4);1H2;;/q;;;+4/p-4. The Bertz CT molecular complexity index is 58.6. The molecular formula is HO5PWZr. The van der Waals surface area contributed by atoms with Crippen LogP contribution in [-0.2, 0) is 51.8 Å². The van der Waals surface area contributed by atoms with Gasteiger partial charge in [0.1, 0.15) is 0 Å². The SMILES string of the molecule is O=P([O-])([O-])[O-].[OH-].[W].[Zr+4]. The van der Waals surface area contributed by atoms with Crippen LogP contribution in [0.1, 0.15) is 0 Å². The minimum absolute atomic E-state index is 0. The van der Waals surface area contributed by atoms with Crippen molar-refractivity contribution in [3.05, 3.63) is 0 Å². The minimum atomic E-state index is -5.39. The maximum atomic E-state index is 8.55. The summed E-state index contributed by atoms with van der Waals surface area (Å²) in [4.78, 5) is 25.6. The average Bonchev–Trinajstić information content (AvgIpc) is 0.722. The average molecular weight is 387 g/mol. The summed E-state index contributed by atoms with van der Waals surface area (Å²) in [6, 6.07) is 0. The molecule has 0 aliphatic rings. The van der Waals surface area contributed by atoms with Gasteiger partial charge in [-0.15, -0.1) is 0 Å². The van der Waals surface area contributed by atoms with Crippen molar-refractivity contribution in [3.63, 3.8) is 0 Å². The van der Waals surface area contributed by atoms with E-state index in [0.29, 0.717) is 0 Å². The van der Waals surface area contributed by atoms with Crippen LogP contribution < -0.4 is 14.7 Å². The van der Waals surface area contributed by atoms with Crippen LogP contribution in [0.15, 0.2) is 0 Å². The van der Waals surface area contributed by atoms with E-state index in [1.807, 2.05) is 0 Å². The van der Waals surface area contributed by atoms with Gasteiger partial charge in [0.2, 0.25) is 0 Å². The van der Waals surface area contributed by atoms with Gasteiger partial charge >= 0.3 is 26.2 Å². The second kappa shape index (κ2) is 8.64. The van der Waals surface area contributed by atoms with Crippen molar-refractivity contribution in [1.29, 1.82) is 0 Å². The fourth-order valence-electron chi connectivity index (χ4n) is 0. The van der Waals surface area contributed by atoms with Crippen molar-refractivity contribution >= 4 is 7.82 Å². The zero-order valence-electron chi connectivity index (χ0n) is 3.44. The molecule has 0 aliphatic carbocycles. The summed E-state index contributed by atoms with van der Waals surface area (Å²) in [7, 11) is -5.39. The number of phosphoric acid groups is 1. The molecule has 0 aromatic heterocycles. The summed E-state index contributed by atoms with van der Waals surface area (Å²) < 4.78 is 8.55. The third-order valence-electron chi connectivity index (χ3n) is 0. The van der Waals surface area contributed by atoms with E-state index in [4.69, 9.17) is 19.2 Å². The second-order valence-corrected chi connectivity index (χ2v) is 1.34.